The minimum absolute atomic E-state index is 1.24. The maximum absolute atomic E-state index is 2.44. The first-order chi connectivity index (χ1) is 10.4. The Balaban J connectivity index is 1.81. The van der Waals surface area contributed by atoms with E-state index in [0.29, 0.717) is 0 Å². The molecule has 0 fully saturated rings. The van der Waals surface area contributed by atoms with Crippen molar-refractivity contribution in [2.45, 2.75) is 19.6 Å². The van der Waals surface area contributed by atoms with Gasteiger partial charge in [-0.15, -0.1) is 58.4 Å². The fourth-order valence-corrected chi connectivity index (χ4v) is 8.68. The van der Waals surface area contributed by atoms with Gasteiger partial charge in [-0.25, -0.2) is 0 Å². The summed E-state index contributed by atoms with van der Waals surface area (Å²) in [6, 6.07) is 9.72. The van der Waals surface area contributed by atoms with E-state index in [9.17, 15) is 0 Å². The topological polar surface area (TPSA) is 0 Å². The number of hydrogen-bond donors (Lipinski definition) is 0. The first-order valence-corrected chi connectivity index (χ1v) is 11.7. The maximum Gasteiger partial charge on any atom is 0.0367 e. The highest BCUT2D eigenvalue weighted by atomic mass is 32.2. The molecule has 0 bridgehead atoms. The van der Waals surface area contributed by atoms with Crippen LogP contribution in [-0.2, 0) is 0 Å². The number of thioether (sulfide) groups is 4. The molecule has 3 heterocycles. The summed E-state index contributed by atoms with van der Waals surface area (Å²) in [4.78, 5) is 5.94. The molecule has 2 aromatic carbocycles. The van der Waals surface area contributed by atoms with Crippen molar-refractivity contribution in [3.05, 3.63) is 24.3 Å². The Morgan fingerprint density at radius 1 is 0.524 bits per heavy atom. The van der Waals surface area contributed by atoms with E-state index in [1.807, 2.05) is 58.4 Å². The lowest BCUT2D eigenvalue weighted by Gasteiger charge is -2.15. The van der Waals surface area contributed by atoms with Crippen LogP contribution in [0.5, 0.6) is 0 Å². The van der Waals surface area contributed by atoms with Crippen LogP contribution in [0, 0.1) is 0 Å². The molecule has 3 aromatic rings. The van der Waals surface area contributed by atoms with Gasteiger partial charge >= 0.3 is 0 Å². The van der Waals surface area contributed by atoms with Crippen LogP contribution in [0.4, 0.5) is 0 Å². The molecule has 106 valence electrons. The molecule has 1 aromatic heterocycles. The molecule has 0 aliphatic carbocycles. The van der Waals surface area contributed by atoms with Crippen molar-refractivity contribution in [3.8, 4) is 0 Å². The van der Waals surface area contributed by atoms with Crippen molar-refractivity contribution in [1.82, 2.24) is 0 Å². The summed E-state index contributed by atoms with van der Waals surface area (Å²) in [7, 11) is 0. The van der Waals surface area contributed by atoms with Gasteiger partial charge in [-0.1, -0.05) is 0 Å². The van der Waals surface area contributed by atoms with Crippen LogP contribution in [0.2, 0.25) is 0 Å². The van der Waals surface area contributed by atoms with Gasteiger partial charge in [0.15, 0.2) is 0 Å². The monoisotopic (exact) mass is 364 g/mol. The second kappa shape index (κ2) is 5.31. The van der Waals surface area contributed by atoms with Crippen LogP contribution in [0.3, 0.4) is 0 Å². The van der Waals surface area contributed by atoms with Crippen LogP contribution >= 0.6 is 58.4 Å². The molecular weight excluding hydrogens is 353 g/mol. The highest BCUT2D eigenvalue weighted by Gasteiger charge is 2.17. The normalized spacial score (nSPS) is 17.9. The van der Waals surface area contributed by atoms with Crippen molar-refractivity contribution in [2.75, 3.05) is 23.0 Å². The Kier molecular flexibility index (Phi) is 3.41. The molecule has 2 aliphatic rings. The fourth-order valence-electron chi connectivity index (χ4n) is 2.85. The summed E-state index contributed by atoms with van der Waals surface area (Å²) in [5, 5.41) is 2.92. The Labute approximate surface area is 144 Å². The number of benzene rings is 2. The average molecular weight is 365 g/mol. The number of thiophene rings is 1. The lowest BCUT2D eigenvalue weighted by molar-refractivity contribution is 1.25. The molecule has 0 saturated carbocycles. The molecule has 0 atom stereocenters. The molecule has 0 unspecified atom stereocenters. The van der Waals surface area contributed by atoms with Gasteiger partial charge in [-0.2, -0.15) is 0 Å². The minimum atomic E-state index is 1.24. The Morgan fingerprint density at radius 2 is 0.905 bits per heavy atom. The number of fused-ring (bicyclic) bond motifs is 5. The van der Waals surface area contributed by atoms with E-state index in [1.54, 1.807) is 0 Å². The van der Waals surface area contributed by atoms with Crippen molar-refractivity contribution >= 4 is 78.6 Å². The van der Waals surface area contributed by atoms with Gasteiger partial charge < -0.3 is 0 Å². The molecule has 0 nitrogen and oxygen atoms in total. The van der Waals surface area contributed by atoms with Gasteiger partial charge in [0.05, 0.1) is 0 Å². The summed E-state index contributed by atoms with van der Waals surface area (Å²) >= 11 is 10.0. The van der Waals surface area contributed by atoms with Gasteiger partial charge in [0.25, 0.3) is 0 Å². The largest absolute Gasteiger partial charge is 0.135 e. The number of rotatable bonds is 0. The third-order valence-corrected chi connectivity index (χ3v) is 9.92. The molecule has 0 spiro atoms. The van der Waals surface area contributed by atoms with Crippen LogP contribution in [0.25, 0.3) is 20.2 Å². The SMILES string of the molecule is c1c2c(cc3c1sc1cc4c(cc13)SCCS4)SCCS2. The van der Waals surface area contributed by atoms with Gasteiger partial charge in [0.1, 0.15) is 0 Å². The minimum Gasteiger partial charge on any atom is -0.135 e. The summed E-state index contributed by atoms with van der Waals surface area (Å²) in [6.45, 7) is 0. The molecular formula is C16H12S5. The zero-order valence-corrected chi connectivity index (χ0v) is 15.3. The molecule has 0 radical (unpaired) electrons. The third kappa shape index (κ3) is 2.24. The summed E-state index contributed by atoms with van der Waals surface area (Å²) in [6.07, 6.45) is 0. The second-order valence-corrected chi connectivity index (χ2v) is 10.7. The van der Waals surface area contributed by atoms with Crippen molar-refractivity contribution < 1.29 is 0 Å². The lowest BCUT2D eigenvalue weighted by Crippen LogP contribution is -1.93. The van der Waals surface area contributed by atoms with Crippen molar-refractivity contribution in [1.29, 1.82) is 0 Å². The molecule has 5 rings (SSSR count). The summed E-state index contributed by atoms with van der Waals surface area (Å²) in [5.41, 5.74) is 0. The first kappa shape index (κ1) is 13.5. The van der Waals surface area contributed by atoms with E-state index in [1.165, 1.54) is 62.8 Å². The zero-order chi connectivity index (χ0) is 13.8. The van der Waals surface area contributed by atoms with Crippen LogP contribution in [-0.4, -0.2) is 23.0 Å². The van der Waals surface area contributed by atoms with E-state index in [2.05, 4.69) is 24.3 Å². The van der Waals surface area contributed by atoms with Crippen molar-refractivity contribution in [3.63, 3.8) is 0 Å². The maximum atomic E-state index is 2.44. The molecule has 0 saturated heterocycles. The van der Waals surface area contributed by atoms with E-state index < -0.39 is 0 Å². The van der Waals surface area contributed by atoms with Gasteiger partial charge in [-0.05, 0) is 24.3 Å². The Bertz CT molecular complexity index is 794. The smallest absolute Gasteiger partial charge is 0.0367 e. The van der Waals surface area contributed by atoms with E-state index in [-0.39, 0.29) is 0 Å². The quantitative estimate of drug-likeness (QED) is 0.449. The Hall–Kier alpha value is 0.0600. The van der Waals surface area contributed by atoms with E-state index in [4.69, 9.17) is 0 Å². The summed E-state index contributed by atoms with van der Waals surface area (Å²) in [5.74, 6) is 4.98. The van der Waals surface area contributed by atoms with Crippen LogP contribution < -0.4 is 0 Å². The predicted molar refractivity (Wildman–Crippen MR) is 102 cm³/mol. The van der Waals surface area contributed by atoms with Gasteiger partial charge in [-0.3, -0.25) is 0 Å². The Morgan fingerprint density at radius 3 is 1.33 bits per heavy atom. The van der Waals surface area contributed by atoms with Crippen molar-refractivity contribution in [2.24, 2.45) is 0 Å². The standard InChI is InChI=1S/C16H12S5/c1-3-19-15-7-11-9(5-13(15)17-1)10-6-14-16(8-12(10)21-11)20-4-2-18-14/h5-8H,1-4H2. The highest BCUT2D eigenvalue weighted by Crippen LogP contribution is 2.46. The van der Waals surface area contributed by atoms with Crippen LogP contribution in [0.15, 0.2) is 43.8 Å². The number of hydrogen-bond acceptors (Lipinski definition) is 5. The fraction of sp³-hybridized carbons (Fsp3) is 0.250. The molecule has 5 heteroatoms. The molecule has 21 heavy (non-hydrogen) atoms. The summed E-state index contributed by atoms with van der Waals surface area (Å²) < 4.78 is 2.91. The average Bonchev–Trinajstić information content (AvgIpc) is 2.87. The highest BCUT2D eigenvalue weighted by molar-refractivity contribution is 8.06. The molecule has 0 amide bonds. The second-order valence-electron chi connectivity index (χ2n) is 5.09. The first-order valence-electron chi connectivity index (χ1n) is 6.94. The van der Waals surface area contributed by atoms with Gasteiger partial charge in [0.2, 0.25) is 0 Å². The van der Waals surface area contributed by atoms with E-state index >= 15 is 0 Å². The molecule has 2 aliphatic heterocycles. The lowest BCUT2D eigenvalue weighted by atomic mass is 10.1. The molecule has 0 N–H and O–H groups in total. The van der Waals surface area contributed by atoms with E-state index in [0.717, 1.165) is 0 Å². The third-order valence-electron chi connectivity index (χ3n) is 3.80. The van der Waals surface area contributed by atoms with Gasteiger partial charge in [0, 0.05) is 62.8 Å². The predicted octanol–water partition coefficient (Wildman–Crippen LogP) is 6.45. The van der Waals surface area contributed by atoms with Crippen LogP contribution in [0.1, 0.15) is 0 Å². The zero-order valence-electron chi connectivity index (χ0n) is 11.2.